The van der Waals surface area contributed by atoms with Gasteiger partial charge < -0.3 is 14.8 Å². The van der Waals surface area contributed by atoms with Crippen molar-refractivity contribution in [2.45, 2.75) is 31.4 Å². The minimum Gasteiger partial charge on any atom is -0.496 e. The standard InChI is InChI=1S/C15H22BrNO2/c1-17-13(15(19-3)10-4-5-10)9-11-8-12(16)6-7-14(11)18-2/h6-8,10,13,15,17H,4-5,9H2,1-3H3. The Labute approximate surface area is 123 Å². The Morgan fingerprint density at radius 2 is 2.11 bits per heavy atom. The average Bonchev–Trinajstić information content (AvgIpc) is 3.23. The average molecular weight is 328 g/mol. The van der Waals surface area contributed by atoms with Crippen LogP contribution in [0, 0.1) is 5.92 Å². The summed E-state index contributed by atoms with van der Waals surface area (Å²) >= 11 is 3.53. The van der Waals surface area contributed by atoms with Crippen LogP contribution in [0.4, 0.5) is 0 Å². The van der Waals surface area contributed by atoms with Gasteiger partial charge in [-0.05, 0) is 56.0 Å². The van der Waals surface area contributed by atoms with Crippen LogP contribution >= 0.6 is 15.9 Å². The van der Waals surface area contributed by atoms with E-state index in [1.54, 1.807) is 7.11 Å². The monoisotopic (exact) mass is 327 g/mol. The summed E-state index contributed by atoms with van der Waals surface area (Å²) in [6.45, 7) is 0. The number of hydrogen-bond acceptors (Lipinski definition) is 3. The lowest BCUT2D eigenvalue weighted by atomic mass is 9.97. The molecule has 1 N–H and O–H groups in total. The molecule has 2 atom stereocenters. The fraction of sp³-hybridized carbons (Fsp3) is 0.600. The second-order valence-electron chi connectivity index (χ2n) is 5.09. The van der Waals surface area contributed by atoms with Crippen molar-refractivity contribution >= 4 is 15.9 Å². The number of likely N-dealkylation sites (N-methyl/N-ethyl adjacent to an activating group) is 1. The van der Waals surface area contributed by atoms with Crippen molar-refractivity contribution in [3.05, 3.63) is 28.2 Å². The zero-order valence-electron chi connectivity index (χ0n) is 11.8. The molecular formula is C15H22BrNO2. The van der Waals surface area contributed by atoms with Gasteiger partial charge in [-0.25, -0.2) is 0 Å². The molecule has 0 bridgehead atoms. The Kier molecular flexibility index (Phi) is 5.25. The van der Waals surface area contributed by atoms with Gasteiger partial charge in [-0.15, -0.1) is 0 Å². The zero-order chi connectivity index (χ0) is 13.8. The first-order valence-electron chi connectivity index (χ1n) is 6.72. The lowest BCUT2D eigenvalue weighted by Crippen LogP contribution is -2.42. The van der Waals surface area contributed by atoms with Crippen LogP contribution in [0.15, 0.2) is 22.7 Å². The van der Waals surface area contributed by atoms with Gasteiger partial charge in [-0.2, -0.15) is 0 Å². The molecular weight excluding hydrogens is 306 g/mol. The van der Waals surface area contributed by atoms with Crippen molar-refractivity contribution in [1.82, 2.24) is 5.32 Å². The highest BCUT2D eigenvalue weighted by molar-refractivity contribution is 9.10. The predicted molar refractivity (Wildman–Crippen MR) is 80.8 cm³/mol. The van der Waals surface area contributed by atoms with Gasteiger partial charge in [0.15, 0.2) is 0 Å². The summed E-state index contributed by atoms with van der Waals surface area (Å²) in [5.74, 6) is 1.65. The Morgan fingerprint density at radius 1 is 1.37 bits per heavy atom. The number of hydrogen-bond donors (Lipinski definition) is 1. The molecule has 4 heteroatoms. The maximum absolute atomic E-state index is 5.69. The molecule has 2 unspecified atom stereocenters. The third kappa shape index (κ3) is 3.71. The third-order valence-electron chi connectivity index (χ3n) is 3.81. The van der Waals surface area contributed by atoms with E-state index in [2.05, 4.69) is 27.3 Å². The van der Waals surface area contributed by atoms with Crippen LogP contribution in [0.1, 0.15) is 18.4 Å². The molecule has 1 saturated carbocycles. The lowest BCUT2D eigenvalue weighted by molar-refractivity contribution is 0.0533. The zero-order valence-corrected chi connectivity index (χ0v) is 13.4. The van der Waals surface area contributed by atoms with Gasteiger partial charge in [0, 0.05) is 17.6 Å². The van der Waals surface area contributed by atoms with Crippen molar-refractivity contribution in [3.8, 4) is 5.75 Å². The molecule has 0 amide bonds. The number of methoxy groups -OCH3 is 2. The molecule has 1 aliphatic rings. The molecule has 0 heterocycles. The van der Waals surface area contributed by atoms with E-state index < -0.39 is 0 Å². The molecule has 0 aromatic heterocycles. The first-order valence-corrected chi connectivity index (χ1v) is 7.51. The smallest absolute Gasteiger partial charge is 0.122 e. The van der Waals surface area contributed by atoms with Crippen molar-refractivity contribution in [1.29, 1.82) is 0 Å². The maximum atomic E-state index is 5.69. The third-order valence-corrected chi connectivity index (χ3v) is 4.30. The predicted octanol–water partition coefficient (Wildman–Crippen LogP) is 3.01. The van der Waals surface area contributed by atoms with Gasteiger partial charge in [0.05, 0.1) is 13.2 Å². The molecule has 3 nitrogen and oxygen atoms in total. The maximum Gasteiger partial charge on any atom is 0.122 e. The van der Waals surface area contributed by atoms with Gasteiger partial charge >= 0.3 is 0 Å². The molecule has 1 aromatic carbocycles. The molecule has 0 saturated heterocycles. The summed E-state index contributed by atoms with van der Waals surface area (Å²) in [6.07, 6.45) is 3.76. The van der Waals surface area contributed by atoms with Crippen LogP contribution in [0.2, 0.25) is 0 Å². The van der Waals surface area contributed by atoms with E-state index in [1.165, 1.54) is 18.4 Å². The Balaban J connectivity index is 2.14. The molecule has 0 aliphatic heterocycles. The molecule has 106 valence electrons. The van der Waals surface area contributed by atoms with Crippen LogP contribution in [0.25, 0.3) is 0 Å². The van der Waals surface area contributed by atoms with Crippen LogP contribution in [0.5, 0.6) is 5.75 Å². The molecule has 0 spiro atoms. The van der Waals surface area contributed by atoms with Gasteiger partial charge in [0.2, 0.25) is 0 Å². The summed E-state index contributed by atoms with van der Waals surface area (Å²) in [6, 6.07) is 6.46. The quantitative estimate of drug-likeness (QED) is 0.835. The Morgan fingerprint density at radius 3 is 2.63 bits per heavy atom. The normalized spacial score (nSPS) is 18.1. The number of nitrogens with one attached hydrogen (secondary N) is 1. The van der Waals surface area contributed by atoms with Gasteiger partial charge in [-0.1, -0.05) is 15.9 Å². The minimum absolute atomic E-state index is 0.286. The summed E-state index contributed by atoms with van der Waals surface area (Å²) in [5, 5.41) is 3.40. The molecule has 1 aromatic rings. The number of ether oxygens (including phenoxy) is 2. The SMILES string of the molecule is CNC(Cc1cc(Br)ccc1OC)C(OC)C1CC1. The summed E-state index contributed by atoms with van der Waals surface area (Å²) in [5.41, 5.74) is 1.21. The van der Waals surface area contributed by atoms with Crippen LogP contribution < -0.4 is 10.1 Å². The number of halogens is 1. The summed E-state index contributed by atoms with van der Waals surface area (Å²) in [4.78, 5) is 0. The fourth-order valence-electron chi connectivity index (χ4n) is 2.64. The minimum atomic E-state index is 0.286. The molecule has 0 radical (unpaired) electrons. The summed E-state index contributed by atoms with van der Waals surface area (Å²) < 4.78 is 12.2. The van der Waals surface area contributed by atoms with Crippen molar-refractivity contribution in [2.24, 2.45) is 5.92 Å². The van der Waals surface area contributed by atoms with E-state index >= 15 is 0 Å². The van der Waals surface area contributed by atoms with E-state index in [0.29, 0.717) is 12.0 Å². The van der Waals surface area contributed by atoms with Gasteiger partial charge in [-0.3, -0.25) is 0 Å². The molecule has 2 rings (SSSR count). The Hall–Kier alpha value is -0.580. The van der Waals surface area contributed by atoms with Crippen molar-refractivity contribution < 1.29 is 9.47 Å². The van der Waals surface area contributed by atoms with Crippen LogP contribution in [-0.4, -0.2) is 33.4 Å². The first kappa shape index (κ1) is 14.8. The van der Waals surface area contributed by atoms with Crippen molar-refractivity contribution in [3.63, 3.8) is 0 Å². The Bertz CT molecular complexity index is 421. The van der Waals surface area contributed by atoms with E-state index in [-0.39, 0.29) is 6.10 Å². The van der Waals surface area contributed by atoms with Crippen molar-refractivity contribution in [2.75, 3.05) is 21.3 Å². The van der Waals surface area contributed by atoms with Gasteiger partial charge in [0.1, 0.15) is 5.75 Å². The number of benzene rings is 1. The van der Waals surface area contributed by atoms with E-state index in [0.717, 1.165) is 16.6 Å². The highest BCUT2D eigenvalue weighted by Crippen LogP contribution is 2.36. The van der Waals surface area contributed by atoms with E-state index in [4.69, 9.17) is 9.47 Å². The van der Waals surface area contributed by atoms with Crippen LogP contribution in [0.3, 0.4) is 0 Å². The van der Waals surface area contributed by atoms with E-state index in [1.807, 2.05) is 26.3 Å². The number of rotatable bonds is 7. The topological polar surface area (TPSA) is 30.5 Å². The second-order valence-corrected chi connectivity index (χ2v) is 6.01. The van der Waals surface area contributed by atoms with Gasteiger partial charge in [0.25, 0.3) is 0 Å². The fourth-order valence-corrected chi connectivity index (χ4v) is 3.04. The highest BCUT2D eigenvalue weighted by atomic mass is 79.9. The first-order chi connectivity index (χ1) is 9.19. The molecule has 19 heavy (non-hydrogen) atoms. The molecule has 1 fully saturated rings. The highest BCUT2D eigenvalue weighted by Gasteiger charge is 2.36. The summed E-state index contributed by atoms with van der Waals surface area (Å²) in [7, 11) is 5.53. The second kappa shape index (κ2) is 6.73. The van der Waals surface area contributed by atoms with E-state index in [9.17, 15) is 0 Å². The van der Waals surface area contributed by atoms with Crippen LogP contribution in [-0.2, 0) is 11.2 Å². The lowest BCUT2D eigenvalue weighted by Gasteiger charge is -2.26. The largest absolute Gasteiger partial charge is 0.496 e. The molecule has 1 aliphatic carbocycles.